The molecule has 0 bridgehead atoms. The molecular formula is C56H42N2. The summed E-state index contributed by atoms with van der Waals surface area (Å²) in [5.41, 5.74) is 14.6. The summed E-state index contributed by atoms with van der Waals surface area (Å²) in [5.74, 6) is 0. The zero-order chi connectivity index (χ0) is 39.4. The topological polar surface area (TPSA) is 25.8 Å². The van der Waals surface area contributed by atoms with Gasteiger partial charge in [-0.1, -0.05) is 196 Å². The van der Waals surface area contributed by atoms with E-state index in [-0.39, 0.29) is 0 Å². The van der Waals surface area contributed by atoms with E-state index in [1.54, 1.807) is 6.08 Å². The van der Waals surface area contributed by atoms with Crippen LogP contribution in [0, 0.1) is 0 Å². The van der Waals surface area contributed by atoms with Gasteiger partial charge in [0.25, 0.3) is 0 Å². The lowest BCUT2D eigenvalue weighted by Crippen LogP contribution is -1.95. The van der Waals surface area contributed by atoms with Crippen molar-refractivity contribution in [3.8, 4) is 44.5 Å². The molecule has 0 atom stereocenters. The van der Waals surface area contributed by atoms with E-state index in [1.165, 1.54) is 60.5 Å². The Labute approximate surface area is 340 Å². The maximum atomic E-state index is 5.03. The molecule has 2 nitrogen and oxygen atoms in total. The van der Waals surface area contributed by atoms with Crippen LogP contribution in [-0.4, -0.2) is 9.97 Å². The lowest BCUT2D eigenvalue weighted by molar-refractivity contribution is 1.23. The van der Waals surface area contributed by atoms with Gasteiger partial charge in [0.1, 0.15) is 0 Å². The molecule has 0 aliphatic carbocycles. The third-order valence-electron chi connectivity index (χ3n) is 10.9. The second kappa shape index (κ2) is 16.0. The van der Waals surface area contributed by atoms with Crippen LogP contribution >= 0.6 is 0 Å². The summed E-state index contributed by atoms with van der Waals surface area (Å²) >= 11 is 0. The first-order chi connectivity index (χ1) is 28.6. The van der Waals surface area contributed by atoms with Crippen LogP contribution in [0.3, 0.4) is 0 Å². The van der Waals surface area contributed by atoms with Gasteiger partial charge in [0.2, 0.25) is 0 Å². The van der Waals surface area contributed by atoms with Gasteiger partial charge < -0.3 is 0 Å². The van der Waals surface area contributed by atoms with Crippen LogP contribution in [0.2, 0.25) is 0 Å². The SMILES string of the molecule is C=C/C=C\C(=C)/C=C\C(=C/CC)c1c2ccccc2c(-c2ccc(-c3ccc(-c4c5ccccc5c(-c5ccccc5)c5ncccc45)cc3)cc2)c2cccnc12. The Morgan fingerprint density at radius 1 is 0.466 bits per heavy atom. The molecule has 276 valence electrons. The Kier molecular flexibility index (Phi) is 9.98. The van der Waals surface area contributed by atoms with Crippen LogP contribution in [0.4, 0.5) is 0 Å². The normalized spacial score (nSPS) is 12.1. The van der Waals surface area contributed by atoms with Crippen molar-refractivity contribution in [2.24, 2.45) is 0 Å². The maximum Gasteiger partial charge on any atom is 0.0792 e. The average molecular weight is 743 g/mol. The molecule has 2 aromatic heterocycles. The van der Waals surface area contributed by atoms with Crippen LogP contribution in [0.15, 0.2) is 219 Å². The van der Waals surface area contributed by atoms with Gasteiger partial charge in [0, 0.05) is 34.3 Å². The van der Waals surface area contributed by atoms with Crippen molar-refractivity contribution in [3.05, 3.63) is 225 Å². The van der Waals surface area contributed by atoms with Crippen LogP contribution in [0.5, 0.6) is 0 Å². The van der Waals surface area contributed by atoms with Crippen LogP contribution < -0.4 is 0 Å². The first-order valence-corrected chi connectivity index (χ1v) is 19.9. The second-order valence-electron chi connectivity index (χ2n) is 14.5. The number of hydrogen-bond acceptors (Lipinski definition) is 2. The summed E-state index contributed by atoms with van der Waals surface area (Å²) in [7, 11) is 0. The van der Waals surface area contributed by atoms with Crippen LogP contribution in [0.25, 0.3) is 93.4 Å². The molecule has 0 radical (unpaired) electrons. The predicted molar refractivity (Wildman–Crippen MR) is 250 cm³/mol. The smallest absolute Gasteiger partial charge is 0.0792 e. The van der Waals surface area contributed by atoms with Crippen molar-refractivity contribution in [2.45, 2.75) is 13.3 Å². The Hall–Kier alpha value is -7.42. The van der Waals surface area contributed by atoms with Gasteiger partial charge in [-0.15, -0.1) is 0 Å². The molecule has 0 amide bonds. The molecule has 2 heterocycles. The molecule has 9 aromatic rings. The fraction of sp³-hybridized carbons (Fsp3) is 0.0357. The quantitative estimate of drug-likeness (QED) is 0.103. The molecular weight excluding hydrogens is 701 g/mol. The highest BCUT2D eigenvalue weighted by Crippen LogP contribution is 2.44. The molecule has 2 heteroatoms. The minimum absolute atomic E-state index is 0.895. The van der Waals surface area contributed by atoms with Gasteiger partial charge in [0.15, 0.2) is 0 Å². The van der Waals surface area contributed by atoms with Crippen LogP contribution in [-0.2, 0) is 0 Å². The van der Waals surface area contributed by atoms with Gasteiger partial charge in [0.05, 0.1) is 11.0 Å². The van der Waals surface area contributed by atoms with Gasteiger partial charge >= 0.3 is 0 Å². The van der Waals surface area contributed by atoms with E-state index in [0.29, 0.717) is 0 Å². The Morgan fingerprint density at radius 2 is 0.931 bits per heavy atom. The van der Waals surface area contributed by atoms with Gasteiger partial charge in [-0.25, -0.2) is 0 Å². The zero-order valence-corrected chi connectivity index (χ0v) is 32.6. The van der Waals surface area contributed by atoms with Crippen molar-refractivity contribution in [1.82, 2.24) is 9.97 Å². The Bertz CT molecular complexity index is 2980. The fourth-order valence-electron chi connectivity index (χ4n) is 8.38. The predicted octanol–water partition coefficient (Wildman–Crippen LogP) is 15.4. The molecule has 0 aliphatic heterocycles. The first kappa shape index (κ1) is 36.2. The summed E-state index contributed by atoms with van der Waals surface area (Å²) in [6, 6.07) is 54.5. The number of fused-ring (bicyclic) bond motifs is 4. The summed E-state index contributed by atoms with van der Waals surface area (Å²) in [4.78, 5) is 9.98. The average Bonchev–Trinajstić information content (AvgIpc) is 3.28. The van der Waals surface area contributed by atoms with E-state index < -0.39 is 0 Å². The molecule has 0 saturated heterocycles. The maximum absolute atomic E-state index is 5.03. The highest BCUT2D eigenvalue weighted by atomic mass is 14.7. The molecule has 0 N–H and O–H groups in total. The number of benzene rings is 7. The lowest BCUT2D eigenvalue weighted by atomic mass is 9.86. The number of nitrogens with zero attached hydrogens (tertiary/aromatic N) is 2. The van der Waals surface area contributed by atoms with E-state index in [1.807, 2.05) is 36.7 Å². The Morgan fingerprint density at radius 3 is 1.52 bits per heavy atom. The molecule has 0 spiro atoms. The highest BCUT2D eigenvalue weighted by Gasteiger charge is 2.19. The lowest BCUT2D eigenvalue weighted by Gasteiger charge is -2.18. The molecule has 0 unspecified atom stereocenters. The second-order valence-corrected chi connectivity index (χ2v) is 14.5. The first-order valence-electron chi connectivity index (χ1n) is 19.9. The standard InChI is InChI=1S/C56H42N2/c1-4-6-17-38(3)26-27-41(16-5-2)53-47-22-12-10-20-45(47)51(49-24-14-36-57-55(49)53)43-32-28-39(29-33-43)40-30-34-44(35-31-40)52-46-21-11-13-23-48(46)54(42-18-8-7-9-19-42)56-50(52)25-15-37-58-56/h4,6-37H,1,3,5H2,2H3/b17-6-,27-26-,41-16+. The molecule has 58 heavy (non-hydrogen) atoms. The molecule has 0 saturated carbocycles. The molecule has 7 aromatic carbocycles. The van der Waals surface area contributed by atoms with E-state index in [0.717, 1.165) is 50.5 Å². The van der Waals surface area contributed by atoms with Crippen molar-refractivity contribution in [1.29, 1.82) is 0 Å². The Balaban J connectivity index is 1.11. The summed E-state index contributed by atoms with van der Waals surface area (Å²) < 4.78 is 0. The summed E-state index contributed by atoms with van der Waals surface area (Å²) in [5, 5.41) is 7.07. The number of aromatic nitrogens is 2. The van der Waals surface area contributed by atoms with E-state index in [9.17, 15) is 0 Å². The molecule has 0 fully saturated rings. The van der Waals surface area contributed by atoms with Gasteiger partial charge in [-0.05, 0) is 90.2 Å². The zero-order valence-electron chi connectivity index (χ0n) is 32.6. The largest absolute Gasteiger partial charge is 0.256 e. The summed E-state index contributed by atoms with van der Waals surface area (Å²) in [6.45, 7) is 10.2. The van der Waals surface area contributed by atoms with E-state index in [2.05, 4.69) is 178 Å². The third-order valence-corrected chi connectivity index (χ3v) is 10.9. The molecule has 0 aliphatic rings. The van der Waals surface area contributed by atoms with Crippen molar-refractivity contribution in [3.63, 3.8) is 0 Å². The number of allylic oxidation sites excluding steroid dienone is 8. The van der Waals surface area contributed by atoms with Crippen LogP contribution in [0.1, 0.15) is 18.9 Å². The van der Waals surface area contributed by atoms with E-state index in [4.69, 9.17) is 9.97 Å². The van der Waals surface area contributed by atoms with E-state index >= 15 is 0 Å². The van der Waals surface area contributed by atoms with Gasteiger partial charge in [-0.2, -0.15) is 0 Å². The third kappa shape index (κ3) is 6.65. The minimum atomic E-state index is 0.895. The number of rotatable bonds is 10. The monoisotopic (exact) mass is 742 g/mol. The summed E-state index contributed by atoms with van der Waals surface area (Å²) in [6.07, 6.45) is 16.8. The van der Waals surface area contributed by atoms with Crippen molar-refractivity contribution < 1.29 is 0 Å². The molecule has 9 rings (SSSR count). The van der Waals surface area contributed by atoms with Crippen molar-refractivity contribution in [2.75, 3.05) is 0 Å². The van der Waals surface area contributed by atoms with Gasteiger partial charge in [-0.3, -0.25) is 9.97 Å². The number of pyridine rings is 2. The number of hydrogen-bond donors (Lipinski definition) is 0. The fourth-order valence-corrected chi connectivity index (χ4v) is 8.38. The highest BCUT2D eigenvalue weighted by molar-refractivity contribution is 6.21. The van der Waals surface area contributed by atoms with Crippen molar-refractivity contribution >= 4 is 48.9 Å². The minimum Gasteiger partial charge on any atom is -0.256 e.